The van der Waals surface area contributed by atoms with Gasteiger partial charge in [0, 0.05) is 32.5 Å². The summed E-state index contributed by atoms with van der Waals surface area (Å²) in [6.45, 7) is 0. The molecule has 0 saturated carbocycles. The van der Waals surface area contributed by atoms with Crippen molar-refractivity contribution in [2.24, 2.45) is 0 Å². The van der Waals surface area contributed by atoms with E-state index in [0.717, 1.165) is 65.9 Å². The number of hydrogen-bond donors (Lipinski definition) is 0. The van der Waals surface area contributed by atoms with E-state index in [9.17, 15) is 0 Å². The Morgan fingerprint density at radius 1 is 0.500 bits per heavy atom. The number of hydrogen-bond acceptors (Lipinski definition) is 3. The second-order valence-electron chi connectivity index (χ2n) is 9.07. The first kappa shape index (κ1) is 19.4. The van der Waals surface area contributed by atoms with Gasteiger partial charge in [-0.1, -0.05) is 84.9 Å². The zero-order valence-corrected chi connectivity index (χ0v) is 19.2. The molecule has 0 radical (unpaired) electrons. The van der Waals surface area contributed by atoms with E-state index in [1.165, 1.54) is 0 Å². The summed E-state index contributed by atoms with van der Waals surface area (Å²) >= 11 is 0. The molecule has 0 aliphatic rings. The summed E-state index contributed by atoms with van der Waals surface area (Å²) in [4.78, 5) is 10.2. The molecule has 0 saturated heterocycles. The highest BCUT2D eigenvalue weighted by atomic mass is 16.3. The fourth-order valence-corrected chi connectivity index (χ4v) is 5.38. The molecule has 0 atom stereocenters. The van der Waals surface area contributed by atoms with E-state index in [1.807, 2.05) is 42.5 Å². The zero-order valence-electron chi connectivity index (χ0n) is 19.2. The van der Waals surface area contributed by atoms with E-state index in [4.69, 9.17) is 14.4 Å². The van der Waals surface area contributed by atoms with Crippen molar-refractivity contribution in [3.8, 4) is 17.2 Å². The maximum atomic E-state index is 6.22. The molecule has 5 aromatic carbocycles. The second-order valence-corrected chi connectivity index (χ2v) is 9.07. The normalized spacial score (nSPS) is 11.9. The number of aromatic nitrogens is 3. The molecule has 0 aliphatic carbocycles. The van der Waals surface area contributed by atoms with Crippen LogP contribution in [-0.2, 0) is 0 Å². The Balaban J connectivity index is 1.53. The predicted octanol–water partition coefficient (Wildman–Crippen LogP) is 8.29. The number of rotatable bonds is 2. The minimum Gasteiger partial charge on any atom is -0.456 e. The van der Waals surface area contributed by atoms with Gasteiger partial charge in [-0.3, -0.25) is 4.57 Å². The van der Waals surface area contributed by atoms with Gasteiger partial charge in [0.25, 0.3) is 0 Å². The maximum Gasteiger partial charge on any atom is 0.235 e. The topological polar surface area (TPSA) is 43.9 Å². The first-order valence-electron chi connectivity index (χ1n) is 12.0. The van der Waals surface area contributed by atoms with Crippen molar-refractivity contribution in [1.29, 1.82) is 0 Å². The molecule has 0 N–H and O–H groups in total. The van der Waals surface area contributed by atoms with Crippen LogP contribution >= 0.6 is 0 Å². The quantitative estimate of drug-likeness (QED) is 0.260. The highest BCUT2D eigenvalue weighted by Crippen LogP contribution is 2.38. The highest BCUT2D eigenvalue weighted by molar-refractivity contribution is 6.17. The van der Waals surface area contributed by atoms with Crippen LogP contribution in [0, 0.1) is 0 Å². The van der Waals surface area contributed by atoms with Gasteiger partial charge in [-0.2, -0.15) is 0 Å². The molecule has 0 aliphatic heterocycles. The molecule has 0 fully saturated rings. The lowest BCUT2D eigenvalue weighted by Gasteiger charge is -2.11. The monoisotopic (exact) mass is 461 g/mol. The average Bonchev–Trinajstić information content (AvgIpc) is 3.46. The van der Waals surface area contributed by atoms with Crippen LogP contribution < -0.4 is 0 Å². The van der Waals surface area contributed by atoms with Crippen LogP contribution in [0.2, 0.25) is 0 Å². The lowest BCUT2D eigenvalue weighted by molar-refractivity contribution is 0.669. The molecular weight excluding hydrogens is 442 g/mol. The van der Waals surface area contributed by atoms with Gasteiger partial charge in [0.05, 0.1) is 22.2 Å². The maximum absolute atomic E-state index is 6.22. The van der Waals surface area contributed by atoms with Gasteiger partial charge < -0.3 is 4.42 Å². The Morgan fingerprint density at radius 3 is 2.11 bits per heavy atom. The van der Waals surface area contributed by atoms with Crippen molar-refractivity contribution in [3.63, 3.8) is 0 Å². The van der Waals surface area contributed by atoms with E-state index in [2.05, 4.69) is 77.4 Å². The first-order valence-corrected chi connectivity index (χ1v) is 12.0. The third-order valence-electron chi connectivity index (χ3n) is 7.01. The van der Waals surface area contributed by atoms with Crippen LogP contribution in [0.4, 0.5) is 0 Å². The van der Waals surface area contributed by atoms with Crippen molar-refractivity contribution in [2.75, 3.05) is 0 Å². The summed E-state index contributed by atoms with van der Waals surface area (Å²) in [6, 6.07) is 39.5. The standard InChI is InChI=1S/C32H19N3O/c1-2-10-20(11-3-1)31-23-14-4-7-15-26(23)33-32(34-31)35-27-16-8-5-12-21(27)24-19-30-25(18-28(24)35)22-13-6-9-17-29(22)36-30/h1-19H. The molecule has 36 heavy (non-hydrogen) atoms. The van der Waals surface area contributed by atoms with Crippen molar-refractivity contribution in [3.05, 3.63) is 115 Å². The third-order valence-corrected chi connectivity index (χ3v) is 7.01. The van der Waals surface area contributed by atoms with Gasteiger partial charge in [0.2, 0.25) is 5.95 Å². The summed E-state index contributed by atoms with van der Waals surface area (Å²) < 4.78 is 8.40. The number of fused-ring (bicyclic) bond motifs is 7. The first-order chi connectivity index (χ1) is 17.8. The summed E-state index contributed by atoms with van der Waals surface area (Å²) in [6.07, 6.45) is 0. The molecule has 4 heteroatoms. The molecule has 0 amide bonds. The second kappa shape index (κ2) is 7.27. The number of furan rings is 1. The fourth-order valence-electron chi connectivity index (χ4n) is 5.38. The summed E-state index contributed by atoms with van der Waals surface area (Å²) in [7, 11) is 0. The molecule has 0 unspecified atom stereocenters. The molecule has 8 rings (SSSR count). The Bertz CT molecular complexity index is 2100. The molecule has 3 heterocycles. The van der Waals surface area contributed by atoms with Crippen molar-refractivity contribution < 1.29 is 4.42 Å². The minimum absolute atomic E-state index is 0.658. The molecule has 8 aromatic rings. The zero-order chi connectivity index (χ0) is 23.6. The van der Waals surface area contributed by atoms with Crippen LogP contribution in [0.5, 0.6) is 0 Å². The van der Waals surface area contributed by atoms with Crippen molar-refractivity contribution in [1.82, 2.24) is 14.5 Å². The molecule has 0 bridgehead atoms. The van der Waals surface area contributed by atoms with E-state index in [-0.39, 0.29) is 0 Å². The van der Waals surface area contributed by atoms with Crippen LogP contribution in [-0.4, -0.2) is 14.5 Å². The summed E-state index contributed by atoms with van der Waals surface area (Å²) in [5.74, 6) is 0.658. The average molecular weight is 462 g/mol. The highest BCUT2D eigenvalue weighted by Gasteiger charge is 2.19. The van der Waals surface area contributed by atoms with Gasteiger partial charge in [0.15, 0.2) is 0 Å². The van der Waals surface area contributed by atoms with Crippen LogP contribution in [0.3, 0.4) is 0 Å². The molecule has 0 spiro atoms. The van der Waals surface area contributed by atoms with Gasteiger partial charge >= 0.3 is 0 Å². The number of para-hydroxylation sites is 3. The number of benzene rings is 5. The Labute approximate surface area is 206 Å². The van der Waals surface area contributed by atoms with Crippen LogP contribution in [0.15, 0.2) is 120 Å². The SMILES string of the molecule is c1ccc(-c2nc(-n3c4ccccc4c4cc5oc6ccccc6c5cc43)nc3ccccc23)cc1. The van der Waals surface area contributed by atoms with E-state index in [1.54, 1.807) is 0 Å². The third kappa shape index (κ3) is 2.70. The Hall–Kier alpha value is -4.96. The lowest BCUT2D eigenvalue weighted by atomic mass is 10.1. The Kier molecular flexibility index (Phi) is 3.91. The van der Waals surface area contributed by atoms with E-state index < -0.39 is 0 Å². The largest absolute Gasteiger partial charge is 0.456 e. The van der Waals surface area contributed by atoms with Gasteiger partial charge in [-0.15, -0.1) is 0 Å². The minimum atomic E-state index is 0.658. The molecule has 3 aromatic heterocycles. The van der Waals surface area contributed by atoms with E-state index in [0.29, 0.717) is 5.95 Å². The molecule has 168 valence electrons. The number of nitrogens with zero attached hydrogens (tertiary/aromatic N) is 3. The Morgan fingerprint density at radius 2 is 1.22 bits per heavy atom. The van der Waals surface area contributed by atoms with E-state index >= 15 is 0 Å². The summed E-state index contributed by atoms with van der Waals surface area (Å²) in [5.41, 5.74) is 6.82. The van der Waals surface area contributed by atoms with Crippen molar-refractivity contribution >= 4 is 54.6 Å². The fraction of sp³-hybridized carbons (Fsp3) is 0. The summed E-state index contributed by atoms with van der Waals surface area (Å²) in [5, 5.41) is 5.50. The van der Waals surface area contributed by atoms with Crippen LogP contribution in [0.1, 0.15) is 0 Å². The van der Waals surface area contributed by atoms with Gasteiger partial charge in [0.1, 0.15) is 11.2 Å². The molecular formula is C32H19N3O. The lowest BCUT2D eigenvalue weighted by Crippen LogP contribution is -2.03. The van der Waals surface area contributed by atoms with Crippen LogP contribution in [0.25, 0.3) is 71.9 Å². The van der Waals surface area contributed by atoms with Gasteiger partial charge in [-0.25, -0.2) is 9.97 Å². The smallest absolute Gasteiger partial charge is 0.235 e. The van der Waals surface area contributed by atoms with Gasteiger partial charge in [-0.05, 0) is 30.3 Å². The van der Waals surface area contributed by atoms with Crippen molar-refractivity contribution in [2.45, 2.75) is 0 Å². The molecule has 4 nitrogen and oxygen atoms in total. The predicted molar refractivity (Wildman–Crippen MR) is 147 cm³/mol.